The van der Waals surface area contributed by atoms with Crippen molar-refractivity contribution in [2.24, 2.45) is 0 Å². The van der Waals surface area contributed by atoms with Gasteiger partial charge in [-0.05, 0) is 31.0 Å². The lowest BCUT2D eigenvalue weighted by atomic mass is 10.1. The second-order valence-corrected chi connectivity index (χ2v) is 5.19. The van der Waals surface area contributed by atoms with Crippen LogP contribution in [0.25, 0.3) is 0 Å². The van der Waals surface area contributed by atoms with Crippen LogP contribution in [0.1, 0.15) is 11.1 Å². The first-order valence-corrected chi connectivity index (χ1v) is 6.86. The second kappa shape index (κ2) is 6.41. The van der Waals surface area contributed by atoms with Gasteiger partial charge < -0.3 is 14.4 Å². The Bertz CT molecular complexity index is 403. The van der Waals surface area contributed by atoms with Gasteiger partial charge in [-0.2, -0.15) is 0 Å². The number of quaternary nitrogens is 1. The third kappa shape index (κ3) is 3.37. The Hall–Kier alpha value is -0.770. The van der Waals surface area contributed by atoms with Crippen LogP contribution < -0.4 is 9.64 Å². The normalized spacial score (nSPS) is 16.8. The van der Waals surface area contributed by atoms with Gasteiger partial charge in [0.1, 0.15) is 32.0 Å². The summed E-state index contributed by atoms with van der Waals surface area (Å²) in [4.78, 5) is 1.54. The van der Waals surface area contributed by atoms with E-state index < -0.39 is 0 Å². The van der Waals surface area contributed by atoms with Crippen LogP contribution in [0, 0.1) is 13.8 Å². The van der Waals surface area contributed by atoms with E-state index in [0.717, 1.165) is 44.2 Å². The average Bonchev–Trinajstić information content (AvgIpc) is 2.39. The third-order valence-corrected chi connectivity index (χ3v) is 3.83. The minimum atomic E-state index is 0.704. The molecular weight excluding hydrogens is 250 g/mol. The number of aryl methyl sites for hydroxylation is 1. The molecule has 0 spiro atoms. The van der Waals surface area contributed by atoms with Crippen molar-refractivity contribution in [3.05, 3.63) is 28.3 Å². The molecule has 1 saturated heterocycles. The van der Waals surface area contributed by atoms with Gasteiger partial charge in [0.15, 0.2) is 0 Å². The van der Waals surface area contributed by atoms with Crippen LogP contribution >= 0.6 is 11.6 Å². The van der Waals surface area contributed by atoms with Crippen molar-refractivity contribution in [1.82, 2.24) is 0 Å². The Kier molecular flexibility index (Phi) is 4.87. The molecule has 1 aromatic rings. The molecule has 1 N–H and O–H groups in total. The first-order chi connectivity index (χ1) is 8.68. The molecule has 100 valence electrons. The standard InChI is InChI=1S/C14H20ClNO2/c1-11-3-4-13(15)14(12(11)2)18-10-7-16-5-8-17-9-6-16/h3-4H,5-10H2,1-2H3/p+1. The lowest BCUT2D eigenvalue weighted by Crippen LogP contribution is -3.14. The predicted molar refractivity (Wildman–Crippen MR) is 72.8 cm³/mol. The van der Waals surface area contributed by atoms with Crippen molar-refractivity contribution >= 4 is 11.6 Å². The summed E-state index contributed by atoms with van der Waals surface area (Å²) >= 11 is 6.17. The van der Waals surface area contributed by atoms with Gasteiger partial charge in [-0.3, -0.25) is 0 Å². The number of morpholine rings is 1. The van der Waals surface area contributed by atoms with Crippen molar-refractivity contribution in [1.29, 1.82) is 0 Å². The fraction of sp³-hybridized carbons (Fsp3) is 0.571. The molecule has 0 unspecified atom stereocenters. The van der Waals surface area contributed by atoms with E-state index in [1.165, 1.54) is 5.56 Å². The number of hydrogen-bond donors (Lipinski definition) is 1. The van der Waals surface area contributed by atoms with E-state index in [4.69, 9.17) is 21.1 Å². The lowest BCUT2D eigenvalue weighted by Gasteiger charge is -2.24. The number of hydrogen-bond acceptors (Lipinski definition) is 2. The number of ether oxygens (including phenoxy) is 2. The van der Waals surface area contributed by atoms with Crippen LogP contribution in [-0.4, -0.2) is 39.5 Å². The van der Waals surface area contributed by atoms with E-state index in [0.29, 0.717) is 11.6 Å². The van der Waals surface area contributed by atoms with Crippen LogP contribution in [0.15, 0.2) is 12.1 Å². The van der Waals surface area contributed by atoms with Gasteiger partial charge in [0.2, 0.25) is 0 Å². The Morgan fingerprint density at radius 3 is 2.72 bits per heavy atom. The first-order valence-electron chi connectivity index (χ1n) is 6.48. The predicted octanol–water partition coefficient (Wildman–Crippen LogP) is 1.25. The summed E-state index contributed by atoms with van der Waals surface area (Å²) < 4.78 is 11.2. The summed E-state index contributed by atoms with van der Waals surface area (Å²) in [6, 6.07) is 3.93. The maximum absolute atomic E-state index is 6.17. The highest BCUT2D eigenvalue weighted by Gasteiger charge is 2.14. The Labute approximate surface area is 114 Å². The van der Waals surface area contributed by atoms with E-state index >= 15 is 0 Å². The molecule has 1 aliphatic rings. The van der Waals surface area contributed by atoms with Crippen LogP contribution in [-0.2, 0) is 4.74 Å². The highest BCUT2D eigenvalue weighted by atomic mass is 35.5. The summed E-state index contributed by atoms with van der Waals surface area (Å²) in [7, 11) is 0. The molecule has 0 bridgehead atoms. The zero-order valence-electron chi connectivity index (χ0n) is 11.1. The molecule has 1 fully saturated rings. The SMILES string of the molecule is Cc1ccc(Cl)c(OCC[NH+]2CCOCC2)c1C. The molecule has 1 heterocycles. The smallest absolute Gasteiger partial charge is 0.141 e. The number of halogens is 1. The highest BCUT2D eigenvalue weighted by Crippen LogP contribution is 2.30. The summed E-state index contributed by atoms with van der Waals surface area (Å²) in [5, 5.41) is 0.704. The zero-order valence-corrected chi connectivity index (χ0v) is 11.8. The van der Waals surface area contributed by atoms with Crippen molar-refractivity contribution in [2.75, 3.05) is 39.5 Å². The molecule has 1 aromatic carbocycles. The quantitative estimate of drug-likeness (QED) is 0.890. The molecule has 0 atom stereocenters. The summed E-state index contributed by atoms with van der Waals surface area (Å²) in [5.74, 6) is 0.837. The molecule has 2 rings (SSSR count). The lowest BCUT2D eigenvalue weighted by molar-refractivity contribution is -0.908. The number of nitrogens with one attached hydrogen (secondary N) is 1. The van der Waals surface area contributed by atoms with Gasteiger partial charge in [-0.25, -0.2) is 0 Å². The zero-order chi connectivity index (χ0) is 13.0. The minimum absolute atomic E-state index is 0.704. The topological polar surface area (TPSA) is 22.9 Å². The van der Waals surface area contributed by atoms with Gasteiger partial charge in [0.05, 0.1) is 18.2 Å². The molecule has 4 heteroatoms. The Morgan fingerprint density at radius 1 is 1.28 bits per heavy atom. The van der Waals surface area contributed by atoms with Crippen LogP contribution in [0.3, 0.4) is 0 Å². The van der Waals surface area contributed by atoms with Gasteiger partial charge >= 0.3 is 0 Å². The van der Waals surface area contributed by atoms with E-state index in [1.54, 1.807) is 4.90 Å². The van der Waals surface area contributed by atoms with Crippen molar-refractivity contribution in [3.8, 4) is 5.75 Å². The van der Waals surface area contributed by atoms with Gasteiger partial charge in [-0.1, -0.05) is 17.7 Å². The molecule has 18 heavy (non-hydrogen) atoms. The number of rotatable bonds is 4. The largest absolute Gasteiger partial charge is 0.486 e. The summed E-state index contributed by atoms with van der Waals surface area (Å²) in [5.41, 5.74) is 2.35. The van der Waals surface area contributed by atoms with Crippen LogP contribution in [0.5, 0.6) is 5.75 Å². The molecular formula is C14H21ClNO2+. The van der Waals surface area contributed by atoms with Gasteiger partial charge in [-0.15, -0.1) is 0 Å². The maximum atomic E-state index is 6.17. The maximum Gasteiger partial charge on any atom is 0.141 e. The van der Waals surface area contributed by atoms with E-state index in [-0.39, 0.29) is 0 Å². The minimum Gasteiger partial charge on any atom is -0.486 e. The van der Waals surface area contributed by atoms with Crippen molar-refractivity contribution in [2.45, 2.75) is 13.8 Å². The van der Waals surface area contributed by atoms with E-state index in [9.17, 15) is 0 Å². The molecule has 0 radical (unpaired) electrons. The van der Waals surface area contributed by atoms with E-state index in [2.05, 4.69) is 13.8 Å². The molecule has 3 nitrogen and oxygen atoms in total. The third-order valence-electron chi connectivity index (χ3n) is 3.53. The fourth-order valence-electron chi connectivity index (χ4n) is 2.14. The Balaban J connectivity index is 1.88. The number of benzene rings is 1. The second-order valence-electron chi connectivity index (χ2n) is 4.78. The first kappa shape index (κ1) is 13.7. The Morgan fingerprint density at radius 2 is 2.00 bits per heavy atom. The molecule has 0 saturated carbocycles. The fourth-order valence-corrected chi connectivity index (χ4v) is 2.40. The molecule has 0 aliphatic carbocycles. The van der Waals surface area contributed by atoms with Crippen LogP contribution in [0.4, 0.5) is 0 Å². The van der Waals surface area contributed by atoms with Crippen molar-refractivity contribution < 1.29 is 14.4 Å². The van der Waals surface area contributed by atoms with Gasteiger partial charge in [0, 0.05) is 0 Å². The molecule has 0 aromatic heterocycles. The molecule has 0 amide bonds. The van der Waals surface area contributed by atoms with E-state index in [1.807, 2.05) is 12.1 Å². The van der Waals surface area contributed by atoms with Crippen LogP contribution in [0.2, 0.25) is 5.02 Å². The summed E-state index contributed by atoms with van der Waals surface area (Å²) in [6.07, 6.45) is 0. The monoisotopic (exact) mass is 270 g/mol. The molecule has 1 aliphatic heterocycles. The average molecular weight is 271 g/mol. The van der Waals surface area contributed by atoms with Gasteiger partial charge in [0.25, 0.3) is 0 Å². The van der Waals surface area contributed by atoms with Crippen molar-refractivity contribution in [3.63, 3.8) is 0 Å². The highest BCUT2D eigenvalue weighted by molar-refractivity contribution is 6.32. The summed E-state index contributed by atoms with van der Waals surface area (Å²) in [6.45, 7) is 9.71.